The van der Waals surface area contributed by atoms with Gasteiger partial charge in [-0.1, -0.05) is 6.92 Å². The minimum atomic E-state index is -0.0901. The summed E-state index contributed by atoms with van der Waals surface area (Å²) in [5.41, 5.74) is 2.00. The number of carbonyl (C=O) groups excluding carboxylic acids is 1. The van der Waals surface area contributed by atoms with Crippen molar-refractivity contribution >= 4 is 11.8 Å². The average Bonchev–Trinajstić information content (AvgIpc) is 2.37. The Morgan fingerprint density at radius 2 is 2.32 bits per heavy atom. The second-order valence-electron chi connectivity index (χ2n) is 4.93. The summed E-state index contributed by atoms with van der Waals surface area (Å²) in [6.45, 7) is 7.83. The summed E-state index contributed by atoms with van der Waals surface area (Å²) < 4.78 is 5.40. The quantitative estimate of drug-likeness (QED) is 0.891. The maximum atomic E-state index is 12.3. The molecule has 1 N–H and O–H groups in total. The zero-order valence-electron chi connectivity index (χ0n) is 11.8. The molecule has 0 aromatic carbocycles. The van der Waals surface area contributed by atoms with Crippen LogP contribution in [0.25, 0.3) is 0 Å². The number of hydrogen-bond acceptors (Lipinski definition) is 3. The van der Waals surface area contributed by atoms with Crippen LogP contribution < -0.4 is 5.32 Å². The fraction of sp³-hybridized carbons (Fsp3) is 0.571. The van der Waals surface area contributed by atoms with Gasteiger partial charge in [0.05, 0.1) is 19.3 Å². The average molecular weight is 263 g/mol. The van der Waals surface area contributed by atoms with Gasteiger partial charge in [0.2, 0.25) is 0 Å². The van der Waals surface area contributed by atoms with Crippen molar-refractivity contribution in [1.29, 1.82) is 0 Å². The molecule has 0 saturated carbocycles. The van der Waals surface area contributed by atoms with Crippen LogP contribution in [-0.4, -0.2) is 41.7 Å². The van der Waals surface area contributed by atoms with Gasteiger partial charge < -0.3 is 9.64 Å². The standard InChI is InChI=1S/C14H21N3O2/c1-4-12-9-19-6-5-17(12)14(18)16-13-8-10(2)7-11(3)15-13/h7-8,12H,4-6,9H2,1-3H3,(H,15,16,18)/t12-/m1/s1. The van der Waals surface area contributed by atoms with E-state index < -0.39 is 0 Å². The number of pyridine rings is 1. The van der Waals surface area contributed by atoms with Crippen LogP contribution in [0.5, 0.6) is 0 Å². The number of urea groups is 1. The number of anilines is 1. The summed E-state index contributed by atoms with van der Waals surface area (Å²) in [4.78, 5) is 18.4. The Balaban J connectivity index is 2.07. The molecule has 1 aromatic rings. The molecule has 1 aromatic heterocycles. The molecule has 0 aliphatic carbocycles. The van der Waals surface area contributed by atoms with Crippen molar-refractivity contribution in [2.45, 2.75) is 33.2 Å². The van der Waals surface area contributed by atoms with Gasteiger partial charge in [0.15, 0.2) is 0 Å². The van der Waals surface area contributed by atoms with Crippen molar-refractivity contribution in [2.24, 2.45) is 0 Å². The first kappa shape index (κ1) is 13.8. The van der Waals surface area contributed by atoms with E-state index in [2.05, 4.69) is 17.2 Å². The van der Waals surface area contributed by atoms with Crippen LogP contribution in [0.1, 0.15) is 24.6 Å². The third-order valence-electron chi connectivity index (χ3n) is 3.29. The summed E-state index contributed by atoms with van der Waals surface area (Å²) >= 11 is 0. The number of carbonyl (C=O) groups is 1. The predicted octanol–water partition coefficient (Wildman–Crippen LogP) is 2.34. The molecule has 1 aliphatic heterocycles. The van der Waals surface area contributed by atoms with Gasteiger partial charge in [-0.3, -0.25) is 5.32 Å². The highest BCUT2D eigenvalue weighted by atomic mass is 16.5. The van der Waals surface area contributed by atoms with Gasteiger partial charge in [0.1, 0.15) is 5.82 Å². The third kappa shape index (κ3) is 3.44. The number of morpholine rings is 1. The zero-order valence-corrected chi connectivity index (χ0v) is 11.8. The van der Waals surface area contributed by atoms with Gasteiger partial charge in [-0.2, -0.15) is 0 Å². The smallest absolute Gasteiger partial charge is 0.323 e. The third-order valence-corrected chi connectivity index (χ3v) is 3.29. The molecular weight excluding hydrogens is 242 g/mol. The number of nitrogens with zero attached hydrogens (tertiary/aromatic N) is 2. The van der Waals surface area contributed by atoms with Crippen LogP contribution in [0.15, 0.2) is 12.1 Å². The molecule has 2 heterocycles. The second kappa shape index (κ2) is 6.02. The summed E-state index contributed by atoms with van der Waals surface area (Å²) in [6.07, 6.45) is 0.897. The monoisotopic (exact) mass is 263 g/mol. The van der Waals surface area contributed by atoms with Crippen LogP contribution in [0, 0.1) is 13.8 Å². The topological polar surface area (TPSA) is 54.5 Å². The van der Waals surface area contributed by atoms with E-state index in [1.54, 1.807) is 0 Å². The molecule has 1 aliphatic rings. The van der Waals surface area contributed by atoms with Gasteiger partial charge in [-0.25, -0.2) is 9.78 Å². The number of rotatable bonds is 2. The minimum Gasteiger partial charge on any atom is -0.377 e. The van der Waals surface area contributed by atoms with E-state index in [4.69, 9.17) is 4.74 Å². The van der Waals surface area contributed by atoms with E-state index in [0.717, 1.165) is 17.7 Å². The molecule has 1 fully saturated rings. The first-order valence-electron chi connectivity index (χ1n) is 6.71. The van der Waals surface area contributed by atoms with Crippen molar-refractivity contribution in [2.75, 3.05) is 25.1 Å². The molecule has 0 spiro atoms. The van der Waals surface area contributed by atoms with Crippen molar-refractivity contribution in [3.63, 3.8) is 0 Å². The highest BCUT2D eigenvalue weighted by Crippen LogP contribution is 2.14. The van der Waals surface area contributed by atoms with Crippen molar-refractivity contribution < 1.29 is 9.53 Å². The Morgan fingerprint density at radius 3 is 3.00 bits per heavy atom. The molecule has 0 bridgehead atoms. The molecule has 0 radical (unpaired) electrons. The fourth-order valence-corrected chi connectivity index (χ4v) is 2.35. The van der Waals surface area contributed by atoms with E-state index in [9.17, 15) is 4.79 Å². The SMILES string of the molecule is CC[C@@H]1COCCN1C(=O)Nc1cc(C)cc(C)n1. The second-order valence-corrected chi connectivity index (χ2v) is 4.93. The number of aromatic nitrogens is 1. The van der Waals surface area contributed by atoms with Crippen LogP contribution in [-0.2, 0) is 4.74 Å². The maximum Gasteiger partial charge on any atom is 0.323 e. The Labute approximate surface area is 114 Å². The lowest BCUT2D eigenvalue weighted by Gasteiger charge is -2.34. The van der Waals surface area contributed by atoms with Crippen molar-refractivity contribution in [1.82, 2.24) is 9.88 Å². The molecule has 2 rings (SSSR count). The molecule has 2 amide bonds. The molecule has 5 heteroatoms. The fourth-order valence-electron chi connectivity index (χ4n) is 2.35. The lowest BCUT2D eigenvalue weighted by Crippen LogP contribution is -2.50. The minimum absolute atomic E-state index is 0.0901. The van der Waals surface area contributed by atoms with Crippen LogP contribution in [0.3, 0.4) is 0 Å². The lowest BCUT2D eigenvalue weighted by atomic mass is 10.2. The number of nitrogens with one attached hydrogen (secondary N) is 1. The first-order valence-corrected chi connectivity index (χ1v) is 6.71. The first-order chi connectivity index (χ1) is 9.10. The predicted molar refractivity (Wildman–Crippen MR) is 74.3 cm³/mol. The highest BCUT2D eigenvalue weighted by Gasteiger charge is 2.26. The molecule has 5 nitrogen and oxygen atoms in total. The van der Waals surface area contributed by atoms with Crippen molar-refractivity contribution in [3.05, 3.63) is 23.4 Å². The zero-order chi connectivity index (χ0) is 13.8. The largest absolute Gasteiger partial charge is 0.377 e. The van der Waals surface area contributed by atoms with Gasteiger partial charge in [0.25, 0.3) is 0 Å². The Kier molecular flexibility index (Phi) is 4.37. The summed E-state index contributed by atoms with van der Waals surface area (Å²) in [5.74, 6) is 0.615. The van der Waals surface area contributed by atoms with Gasteiger partial charge >= 0.3 is 6.03 Å². The molecule has 104 valence electrons. The molecular formula is C14H21N3O2. The van der Waals surface area contributed by atoms with Crippen molar-refractivity contribution in [3.8, 4) is 0 Å². The molecule has 19 heavy (non-hydrogen) atoms. The Bertz CT molecular complexity index is 442. The van der Waals surface area contributed by atoms with Crippen LogP contribution in [0.4, 0.5) is 10.6 Å². The lowest BCUT2D eigenvalue weighted by molar-refractivity contribution is 0.0143. The van der Waals surface area contributed by atoms with E-state index in [0.29, 0.717) is 25.6 Å². The Hall–Kier alpha value is -1.62. The number of ether oxygens (including phenoxy) is 1. The normalized spacial score (nSPS) is 19.3. The van der Waals surface area contributed by atoms with Gasteiger partial charge in [-0.05, 0) is 38.0 Å². The summed E-state index contributed by atoms with van der Waals surface area (Å²) in [6, 6.07) is 3.93. The van der Waals surface area contributed by atoms with Gasteiger partial charge in [-0.15, -0.1) is 0 Å². The number of aryl methyl sites for hydroxylation is 2. The van der Waals surface area contributed by atoms with E-state index in [1.807, 2.05) is 30.9 Å². The van der Waals surface area contributed by atoms with E-state index in [1.165, 1.54) is 0 Å². The van der Waals surface area contributed by atoms with Crippen LogP contribution in [0.2, 0.25) is 0 Å². The molecule has 0 unspecified atom stereocenters. The number of hydrogen-bond donors (Lipinski definition) is 1. The summed E-state index contributed by atoms with van der Waals surface area (Å²) in [7, 11) is 0. The van der Waals surface area contributed by atoms with Crippen LogP contribution >= 0.6 is 0 Å². The van der Waals surface area contributed by atoms with E-state index >= 15 is 0 Å². The molecule has 1 atom stereocenters. The van der Waals surface area contributed by atoms with E-state index in [-0.39, 0.29) is 12.1 Å². The van der Waals surface area contributed by atoms with Gasteiger partial charge in [0, 0.05) is 12.2 Å². The maximum absolute atomic E-state index is 12.3. The number of amides is 2. The Morgan fingerprint density at radius 1 is 1.53 bits per heavy atom. The summed E-state index contributed by atoms with van der Waals surface area (Å²) in [5, 5.41) is 2.88. The highest BCUT2D eigenvalue weighted by molar-refractivity contribution is 5.88. The molecule has 1 saturated heterocycles.